The molecule has 1 amide bonds. The summed E-state index contributed by atoms with van der Waals surface area (Å²) in [5.74, 6) is 1.14. The number of aromatic nitrogens is 2. The van der Waals surface area contributed by atoms with Crippen LogP contribution in [0.3, 0.4) is 0 Å². The van der Waals surface area contributed by atoms with Crippen LogP contribution in [0.1, 0.15) is 17.0 Å². The molecule has 114 valence electrons. The Labute approximate surface area is 133 Å². The average molecular weight is 315 g/mol. The highest BCUT2D eigenvalue weighted by atomic mass is 32.2. The van der Waals surface area contributed by atoms with Crippen LogP contribution >= 0.6 is 11.8 Å². The first-order valence-electron chi connectivity index (χ1n) is 7.11. The number of thioether (sulfide) groups is 1. The zero-order chi connectivity index (χ0) is 15.5. The molecular weight excluding hydrogens is 298 g/mol. The summed E-state index contributed by atoms with van der Waals surface area (Å²) in [6, 6.07) is 7.65. The van der Waals surface area contributed by atoms with Crippen LogP contribution in [0, 0.1) is 13.8 Å². The van der Waals surface area contributed by atoms with Crippen molar-refractivity contribution in [3.63, 3.8) is 0 Å². The quantitative estimate of drug-likeness (QED) is 0.694. The molecule has 22 heavy (non-hydrogen) atoms. The molecule has 2 aromatic rings. The molecule has 0 bridgehead atoms. The molecule has 2 heterocycles. The Morgan fingerprint density at radius 2 is 2.05 bits per heavy atom. The van der Waals surface area contributed by atoms with Gasteiger partial charge in [-0.15, -0.1) is 0 Å². The van der Waals surface area contributed by atoms with E-state index in [0.29, 0.717) is 11.8 Å². The van der Waals surface area contributed by atoms with Crippen LogP contribution in [-0.4, -0.2) is 28.2 Å². The Kier molecular flexibility index (Phi) is 4.29. The predicted octanol–water partition coefficient (Wildman–Crippen LogP) is 2.76. The minimum absolute atomic E-state index is 0.0633. The SMILES string of the molecule is Cc1cc(C)nc(SCC(=O)Nc2ccc3c(c2)CCO3)n1. The van der Waals surface area contributed by atoms with E-state index in [0.717, 1.165) is 34.8 Å². The zero-order valence-corrected chi connectivity index (χ0v) is 13.4. The Morgan fingerprint density at radius 3 is 2.82 bits per heavy atom. The average Bonchev–Trinajstić information content (AvgIpc) is 2.92. The molecule has 1 N–H and O–H groups in total. The standard InChI is InChI=1S/C16H17N3O2S/c1-10-7-11(2)18-16(17-10)22-9-15(20)19-13-3-4-14-12(8-13)5-6-21-14/h3-4,7-8H,5-6,9H2,1-2H3,(H,19,20). The zero-order valence-electron chi connectivity index (χ0n) is 12.5. The van der Waals surface area contributed by atoms with E-state index >= 15 is 0 Å². The molecule has 0 fully saturated rings. The van der Waals surface area contributed by atoms with E-state index in [4.69, 9.17) is 4.74 Å². The number of nitrogens with one attached hydrogen (secondary N) is 1. The Morgan fingerprint density at radius 1 is 1.27 bits per heavy atom. The van der Waals surface area contributed by atoms with Gasteiger partial charge in [0.15, 0.2) is 5.16 Å². The molecule has 1 aliphatic heterocycles. The van der Waals surface area contributed by atoms with Crippen molar-refractivity contribution in [1.29, 1.82) is 0 Å². The van der Waals surface area contributed by atoms with Gasteiger partial charge in [0.2, 0.25) is 5.91 Å². The van der Waals surface area contributed by atoms with E-state index in [2.05, 4.69) is 15.3 Å². The maximum Gasteiger partial charge on any atom is 0.234 e. The molecule has 6 heteroatoms. The van der Waals surface area contributed by atoms with Crippen molar-refractivity contribution in [2.45, 2.75) is 25.4 Å². The molecule has 0 saturated heterocycles. The van der Waals surface area contributed by atoms with Crippen molar-refractivity contribution in [2.24, 2.45) is 0 Å². The highest BCUT2D eigenvalue weighted by Crippen LogP contribution is 2.28. The Balaban J connectivity index is 1.58. The van der Waals surface area contributed by atoms with Crippen LogP contribution < -0.4 is 10.1 Å². The summed E-state index contributed by atoms with van der Waals surface area (Å²) >= 11 is 1.34. The number of fused-ring (bicyclic) bond motifs is 1. The number of carbonyl (C=O) groups is 1. The molecule has 5 nitrogen and oxygen atoms in total. The number of nitrogens with zero attached hydrogens (tertiary/aromatic N) is 2. The first-order valence-corrected chi connectivity index (χ1v) is 8.09. The first-order chi connectivity index (χ1) is 10.6. The van der Waals surface area contributed by atoms with Gasteiger partial charge in [-0.3, -0.25) is 4.79 Å². The number of hydrogen-bond donors (Lipinski definition) is 1. The highest BCUT2D eigenvalue weighted by Gasteiger charge is 2.13. The normalized spacial score (nSPS) is 12.6. The number of carbonyl (C=O) groups excluding carboxylic acids is 1. The predicted molar refractivity (Wildman–Crippen MR) is 86.5 cm³/mol. The van der Waals surface area contributed by atoms with Crippen molar-refractivity contribution in [1.82, 2.24) is 9.97 Å². The molecule has 1 aromatic carbocycles. The number of hydrogen-bond acceptors (Lipinski definition) is 5. The second kappa shape index (κ2) is 6.36. The van der Waals surface area contributed by atoms with Gasteiger partial charge in [-0.2, -0.15) is 0 Å². The van der Waals surface area contributed by atoms with Crippen molar-refractivity contribution < 1.29 is 9.53 Å². The monoisotopic (exact) mass is 315 g/mol. The van der Waals surface area contributed by atoms with Gasteiger partial charge in [0.05, 0.1) is 12.4 Å². The Hall–Kier alpha value is -2.08. The summed E-state index contributed by atoms with van der Waals surface area (Å²) in [7, 11) is 0. The summed E-state index contributed by atoms with van der Waals surface area (Å²) < 4.78 is 5.45. The minimum atomic E-state index is -0.0633. The number of aryl methyl sites for hydroxylation is 2. The first kappa shape index (κ1) is 14.8. The van der Waals surface area contributed by atoms with E-state index in [1.807, 2.05) is 38.1 Å². The summed E-state index contributed by atoms with van der Waals surface area (Å²) in [6.45, 7) is 4.56. The van der Waals surface area contributed by atoms with Crippen LogP contribution in [0.2, 0.25) is 0 Å². The van der Waals surface area contributed by atoms with Crippen LogP contribution in [0.4, 0.5) is 5.69 Å². The van der Waals surface area contributed by atoms with Gasteiger partial charge < -0.3 is 10.1 Å². The van der Waals surface area contributed by atoms with Gasteiger partial charge >= 0.3 is 0 Å². The third-order valence-corrected chi connectivity index (χ3v) is 4.11. The van der Waals surface area contributed by atoms with E-state index in [9.17, 15) is 4.79 Å². The van der Waals surface area contributed by atoms with Crippen LogP contribution in [-0.2, 0) is 11.2 Å². The topological polar surface area (TPSA) is 64.1 Å². The van der Waals surface area contributed by atoms with Crippen molar-refractivity contribution >= 4 is 23.4 Å². The maximum absolute atomic E-state index is 12.0. The van der Waals surface area contributed by atoms with Gasteiger partial charge in [0.1, 0.15) is 5.75 Å². The molecule has 0 unspecified atom stereocenters. The molecule has 0 radical (unpaired) electrons. The van der Waals surface area contributed by atoms with E-state index < -0.39 is 0 Å². The second-order valence-electron chi connectivity index (χ2n) is 5.19. The van der Waals surface area contributed by atoms with Crippen molar-refractivity contribution in [3.8, 4) is 5.75 Å². The molecule has 3 rings (SSSR count). The molecule has 0 spiro atoms. The van der Waals surface area contributed by atoms with Crippen LogP contribution in [0.5, 0.6) is 5.75 Å². The number of anilines is 1. The molecule has 1 aliphatic rings. The molecule has 1 aromatic heterocycles. The minimum Gasteiger partial charge on any atom is -0.493 e. The largest absolute Gasteiger partial charge is 0.493 e. The molecule has 0 aliphatic carbocycles. The van der Waals surface area contributed by atoms with Gasteiger partial charge in [0, 0.05) is 23.5 Å². The fourth-order valence-electron chi connectivity index (χ4n) is 2.35. The van der Waals surface area contributed by atoms with E-state index in [-0.39, 0.29) is 11.7 Å². The second-order valence-corrected chi connectivity index (χ2v) is 6.13. The van der Waals surface area contributed by atoms with E-state index in [1.165, 1.54) is 11.8 Å². The Bertz CT molecular complexity index is 698. The molecular formula is C16H17N3O2S. The number of benzene rings is 1. The fourth-order valence-corrected chi connectivity index (χ4v) is 3.10. The number of amides is 1. The number of rotatable bonds is 4. The third-order valence-electron chi connectivity index (χ3n) is 3.27. The van der Waals surface area contributed by atoms with Gasteiger partial charge in [-0.05, 0) is 43.7 Å². The molecule has 0 saturated carbocycles. The number of ether oxygens (including phenoxy) is 1. The van der Waals surface area contributed by atoms with Gasteiger partial charge in [-0.25, -0.2) is 9.97 Å². The lowest BCUT2D eigenvalue weighted by molar-refractivity contribution is -0.113. The summed E-state index contributed by atoms with van der Waals surface area (Å²) in [4.78, 5) is 20.7. The van der Waals surface area contributed by atoms with E-state index in [1.54, 1.807) is 0 Å². The highest BCUT2D eigenvalue weighted by molar-refractivity contribution is 7.99. The molecule has 0 atom stereocenters. The third kappa shape index (κ3) is 3.57. The lowest BCUT2D eigenvalue weighted by atomic mass is 10.1. The van der Waals surface area contributed by atoms with Gasteiger partial charge in [0.25, 0.3) is 0 Å². The lowest BCUT2D eigenvalue weighted by Crippen LogP contribution is -2.14. The summed E-state index contributed by atoms with van der Waals surface area (Å²) in [5.41, 5.74) is 3.77. The lowest BCUT2D eigenvalue weighted by Gasteiger charge is -2.07. The van der Waals surface area contributed by atoms with Crippen LogP contribution in [0.15, 0.2) is 29.4 Å². The van der Waals surface area contributed by atoms with Crippen molar-refractivity contribution in [2.75, 3.05) is 17.7 Å². The summed E-state index contributed by atoms with van der Waals surface area (Å²) in [6.07, 6.45) is 0.893. The maximum atomic E-state index is 12.0. The van der Waals surface area contributed by atoms with Crippen LogP contribution in [0.25, 0.3) is 0 Å². The van der Waals surface area contributed by atoms with Crippen molar-refractivity contribution in [3.05, 3.63) is 41.2 Å². The summed E-state index contributed by atoms with van der Waals surface area (Å²) in [5, 5.41) is 3.53. The fraction of sp³-hybridized carbons (Fsp3) is 0.312. The van der Waals surface area contributed by atoms with Gasteiger partial charge in [-0.1, -0.05) is 11.8 Å². The smallest absolute Gasteiger partial charge is 0.234 e.